The molecule has 2 aromatic heterocycles. The monoisotopic (exact) mass is 525 g/mol. The van der Waals surface area contributed by atoms with E-state index in [-0.39, 0.29) is 29.1 Å². The fourth-order valence-corrected chi connectivity index (χ4v) is 7.97. The molecule has 0 saturated carbocycles. The number of carbonyl (C=O) groups excluding carboxylic acids is 1. The first-order valence-corrected chi connectivity index (χ1v) is 14.0. The van der Waals surface area contributed by atoms with E-state index in [9.17, 15) is 13.2 Å². The van der Waals surface area contributed by atoms with Crippen LogP contribution in [-0.4, -0.2) is 42.9 Å². The number of halogens is 1. The zero-order chi connectivity index (χ0) is 23.6. The number of fused-ring (bicyclic) bond motifs is 1. The third-order valence-electron chi connectivity index (χ3n) is 5.43. The van der Waals surface area contributed by atoms with Gasteiger partial charge >= 0.3 is 0 Å². The van der Waals surface area contributed by atoms with E-state index in [1.165, 1.54) is 21.7 Å². The van der Waals surface area contributed by atoms with Crippen molar-refractivity contribution in [2.75, 3.05) is 19.7 Å². The van der Waals surface area contributed by atoms with Crippen molar-refractivity contribution >= 4 is 60.4 Å². The Labute approximate surface area is 205 Å². The average Bonchev–Trinajstić information content (AvgIpc) is 3.38. The van der Waals surface area contributed by atoms with Crippen LogP contribution in [0, 0.1) is 5.92 Å². The van der Waals surface area contributed by atoms with E-state index in [0.29, 0.717) is 35.1 Å². The first-order chi connectivity index (χ1) is 15.8. The zero-order valence-corrected chi connectivity index (χ0v) is 21.3. The molecule has 0 unspecified atom stereocenters. The van der Waals surface area contributed by atoms with Gasteiger partial charge in [0.2, 0.25) is 0 Å². The number of ether oxygens (including phenoxy) is 1. The smallest absolute Gasteiger partial charge is 0.252 e. The number of amides is 1. The van der Waals surface area contributed by atoms with Crippen molar-refractivity contribution in [3.63, 3.8) is 0 Å². The molecular formula is C22H24ClN3O4S3. The fourth-order valence-electron chi connectivity index (χ4n) is 3.79. The van der Waals surface area contributed by atoms with E-state index in [2.05, 4.69) is 11.6 Å². The number of benzene rings is 1. The summed E-state index contributed by atoms with van der Waals surface area (Å²) in [7, 11) is -3.59. The van der Waals surface area contributed by atoms with Crippen molar-refractivity contribution < 1.29 is 17.9 Å². The van der Waals surface area contributed by atoms with Gasteiger partial charge in [-0.05, 0) is 50.1 Å². The number of carbonyl (C=O) groups is 1. The fraction of sp³-hybridized carbons (Fsp3) is 0.364. The zero-order valence-electron chi connectivity index (χ0n) is 18.1. The number of aromatic nitrogens is 1. The molecular weight excluding hydrogens is 502 g/mol. The second-order valence-electron chi connectivity index (χ2n) is 7.53. The van der Waals surface area contributed by atoms with E-state index in [1.807, 2.05) is 29.7 Å². The molecule has 0 radical (unpaired) electrons. The summed E-state index contributed by atoms with van der Waals surface area (Å²) in [6.45, 7) is 7.41. The molecule has 176 valence electrons. The second-order valence-corrected chi connectivity index (χ2v) is 12.4. The van der Waals surface area contributed by atoms with Gasteiger partial charge in [0.1, 0.15) is 9.96 Å². The number of rotatable bonds is 7. The van der Waals surface area contributed by atoms with E-state index >= 15 is 0 Å². The summed E-state index contributed by atoms with van der Waals surface area (Å²) in [5.74, 6) is 0.237. The Bertz CT molecular complexity index is 1350. The SMILES string of the molecule is C=CCn1c(=NC(=O)C2CCN(S(=O)(=O)c3ccc(Cl)s3)CC2)sc2cc(OCC)ccc21. The maximum Gasteiger partial charge on any atom is 0.252 e. The highest BCUT2D eigenvalue weighted by Gasteiger charge is 2.33. The molecule has 3 heterocycles. The summed E-state index contributed by atoms with van der Waals surface area (Å²) in [5.41, 5.74) is 0.963. The van der Waals surface area contributed by atoms with Gasteiger partial charge in [-0.1, -0.05) is 29.0 Å². The lowest BCUT2D eigenvalue weighted by Crippen LogP contribution is -2.40. The maximum absolute atomic E-state index is 13.0. The summed E-state index contributed by atoms with van der Waals surface area (Å²) in [4.78, 5) is 18.0. The number of allylic oxidation sites excluding steroid dienone is 1. The van der Waals surface area contributed by atoms with Crippen molar-refractivity contribution in [3.05, 3.63) is 52.1 Å². The van der Waals surface area contributed by atoms with Crippen LogP contribution in [0.3, 0.4) is 0 Å². The third-order valence-corrected chi connectivity index (χ3v) is 10.1. The van der Waals surface area contributed by atoms with Crippen LogP contribution in [0.1, 0.15) is 19.8 Å². The molecule has 0 atom stereocenters. The molecule has 0 spiro atoms. The minimum absolute atomic E-state index is 0.222. The summed E-state index contributed by atoms with van der Waals surface area (Å²) >= 11 is 8.37. The molecule has 1 aliphatic heterocycles. The standard InChI is InChI=1S/C22H24ClN3O4S3/c1-3-11-26-17-6-5-16(30-4-2)14-18(17)31-22(26)24-21(27)15-9-12-25(13-10-15)33(28,29)20-8-7-19(23)32-20/h3,5-8,14-15H,1,4,9-13H2,2H3. The lowest BCUT2D eigenvalue weighted by molar-refractivity contribution is -0.122. The molecule has 1 fully saturated rings. The topological polar surface area (TPSA) is 81.0 Å². The van der Waals surface area contributed by atoms with Crippen LogP contribution in [0.4, 0.5) is 0 Å². The lowest BCUT2D eigenvalue weighted by atomic mass is 9.98. The summed E-state index contributed by atoms with van der Waals surface area (Å²) in [5, 5.41) is 0. The van der Waals surface area contributed by atoms with Crippen LogP contribution in [0.15, 0.2) is 52.2 Å². The van der Waals surface area contributed by atoms with Gasteiger partial charge in [0.25, 0.3) is 15.9 Å². The van der Waals surface area contributed by atoms with Crippen LogP contribution >= 0.6 is 34.3 Å². The number of hydrogen-bond acceptors (Lipinski definition) is 6. The van der Waals surface area contributed by atoms with Gasteiger partial charge in [-0.2, -0.15) is 9.30 Å². The second kappa shape index (κ2) is 10.1. The van der Waals surface area contributed by atoms with E-state index < -0.39 is 10.0 Å². The van der Waals surface area contributed by atoms with Crippen LogP contribution in [0.5, 0.6) is 5.75 Å². The Morgan fingerprint density at radius 3 is 2.67 bits per heavy atom. The predicted molar refractivity (Wildman–Crippen MR) is 133 cm³/mol. The number of hydrogen-bond donors (Lipinski definition) is 0. The molecule has 0 aliphatic carbocycles. The molecule has 11 heteroatoms. The van der Waals surface area contributed by atoms with Crippen molar-refractivity contribution in [2.45, 2.75) is 30.5 Å². The Morgan fingerprint density at radius 2 is 2.03 bits per heavy atom. The number of piperidine rings is 1. The van der Waals surface area contributed by atoms with E-state index in [1.54, 1.807) is 12.1 Å². The van der Waals surface area contributed by atoms with Crippen molar-refractivity contribution in [2.24, 2.45) is 10.9 Å². The quantitative estimate of drug-likeness (QED) is 0.424. The molecule has 1 amide bonds. The Balaban J connectivity index is 1.54. The lowest BCUT2D eigenvalue weighted by Gasteiger charge is -2.29. The van der Waals surface area contributed by atoms with E-state index in [0.717, 1.165) is 27.3 Å². The average molecular weight is 526 g/mol. The highest BCUT2D eigenvalue weighted by atomic mass is 35.5. The Kier molecular flexibility index (Phi) is 7.40. The predicted octanol–water partition coefficient (Wildman–Crippen LogP) is 4.53. The Morgan fingerprint density at radius 1 is 1.27 bits per heavy atom. The minimum atomic E-state index is -3.59. The van der Waals surface area contributed by atoms with E-state index in [4.69, 9.17) is 16.3 Å². The number of thiazole rings is 1. The van der Waals surface area contributed by atoms with Crippen molar-refractivity contribution in [1.29, 1.82) is 0 Å². The van der Waals surface area contributed by atoms with Crippen LogP contribution in [-0.2, 0) is 21.4 Å². The van der Waals surface area contributed by atoms with Crippen LogP contribution < -0.4 is 9.54 Å². The molecule has 4 rings (SSSR count). The van der Waals surface area contributed by atoms with Gasteiger partial charge in [0, 0.05) is 25.6 Å². The maximum atomic E-state index is 13.0. The number of thiophene rings is 1. The molecule has 1 aliphatic rings. The van der Waals surface area contributed by atoms with Crippen LogP contribution in [0.2, 0.25) is 4.34 Å². The first kappa shape index (κ1) is 24.2. The van der Waals surface area contributed by atoms with Gasteiger partial charge in [-0.25, -0.2) is 8.42 Å². The number of nitrogens with zero attached hydrogens (tertiary/aromatic N) is 3. The minimum Gasteiger partial charge on any atom is -0.494 e. The third kappa shape index (κ3) is 5.09. The first-order valence-electron chi connectivity index (χ1n) is 10.5. The molecule has 1 saturated heterocycles. The van der Waals surface area contributed by atoms with Gasteiger partial charge < -0.3 is 9.30 Å². The highest BCUT2D eigenvalue weighted by molar-refractivity contribution is 7.91. The van der Waals surface area contributed by atoms with Crippen molar-refractivity contribution in [3.8, 4) is 5.75 Å². The molecule has 3 aromatic rings. The molecule has 0 N–H and O–H groups in total. The van der Waals surface area contributed by atoms with Gasteiger partial charge in [0.05, 0.1) is 21.2 Å². The van der Waals surface area contributed by atoms with Gasteiger partial charge in [-0.15, -0.1) is 17.9 Å². The summed E-state index contributed by atoms with van der Waals surface area (Å²) in [6.07, 6.45) is 2.63. The molecule has 1 aromatic carbocycles. The molecule has 7 nitrogen and oxygen atoms in total. The van der Waals surface area contributed by atoms with Gasteiger partial charge in [0.15, 0.2) is 4.80 Å². The number of sulfonamides is 1. The molecule has 33 heavy (non-hydrogen) atoms. The van der Waals surface area contributed by atoms with Crippen LogP contribution in [0.25, 0.3) is 10.2 Å². The normalized spacial score (nSPS) is 16.4. The summed E-state index contributed by atoms with van der Waals surface area (Å²) in [6, 6.07) is 8.91. The van der Waals surface area contributed by atoms with Crippen molar-refractivity contribution in [1.82, 2.24) is 8.87 Å². The molecule has 0 bridgehead atoms. The van der Waals surface area contributed by atoms with Gasteiger partial charge in [-0.3, -0.25) is 4.79 Å². The largest absolute Gasteiger partial charge is 0.494 e. The Hall–Kier alpha value is -1.98. The highest BCUT2D eigenvalue weighted by Crippen LogP contribution is 2.31. The summed E-state index contributed by atoms with van der Waals surface area (Å²) < 4.78 is 36.2.